The lowest BCUT2D eigenvalue weighted by Crippen LogP contribution is -2.32. The van der Waals surface area contributed by atoms with E-state index in [1.54, 1.807) is 0 Å². The summed E-state index contributed by atoms with van der Waals surface area (Å²) in [6.07, 6.45) is 1.26. The Hall–Kier alpha value is -0.380. The van der Waals surface area contributed by atoms with E-state index in [1.807, 2.05) is 11.3 Å². The summed E-state index contributed by atoms with van der Waals surface area (Å²) in [6, 6.07) is 4.45. The Morgan fingerprint density at radius 1 is 1.64 bits per heavy atom. The lowest BCUT2D eigenvalue weighted by molar-refractivity contribution is 0.293. The molecule has 1 aromatic rings. The number of fused-ring (bicyclic) bond motifs is 1. The number of hydrogen-bond acceptors (Lipinski definition) is 3. The van der Waals surface area contributed by atoms with E-state index in [2.05, 4.69) is 24.0 Å². The molecule has 0 amide bonds. The zero-order chi connectivity index (χ0) is 9.76. The summed E-state index contributed by atoms with van der Waals surface area (Å²) < 4.78 is 0. The van der Waals surface area contributed by atoms with Crippen molar-refractivity contribution in [2.45, 2.75) is 25.4 Å². The molecular weight excluding hydrogens is 192 g/mol. The molecule has 2 fully saturated rings. The molecule has 0 unspecified atom stereocenters. The van der Waals surface area contributed by atoms with Crippen molar-refractivity contribution in [1.29, 1.82) is 0 Å². The van der Waals surface area contributed by atoms with Crippen LogP contribution < -0.4 is 5.73 Å². The third-order valence-electron chi connectivity index (χ3n) is 3.45. The summed E-state index contributed by atoms with van der Waals surface area (Å²) in [6.45, 7) is 5.59. The molecule has 2 heterocycles. The highest BCUT2D eigenvalue weighted by molar-refractivity contribution is 7.11. The fraction of sp³-hybridized carbons (Fsp3) is 0.636. The second-order valence-corrected chi connectivity index (χ2v) is 6.19. The molecule has 3 rings (SSSR count). The van der Waals surface area contributed by atoms with Gasteiger partial charge in [-0.3, -0.25) is 4.90 Å². The summed E-state index contributed by atoms with van der Waals surface area (Å²) in [7, 11) is 0. The maximum absolute atomic E-state index is 6.16. The number of rotatable bonds is 2. The van der Waals surface area contributed by atoms with Gasteiger partial charge in [-0.2, -0.15) is 0 Å². The van der Waals surface area contributed by atoms with Crippen LogP contribution in [-0.4, -0.2) is 23.5 Å². The maximum atomic E-state index is 6.16. The van der Waals surface area contributed by atoms with E-state index in [-0.39, 0.29) is 5.54 Å². The van der Waals surface area contributed by atoms with Crippen molar-refractivity contribution in [3.63, 3.8) is 0 Å². The highest BCUT2D eigenvalue weighted by Crippen LogP contribution is 2.47. The molecule has 1 aliphatic heterocycles. The van der Waals surface area contributed by atoms with Gasteiger partial charge in [0.2, 0.25) is 0 Å². The molecule has 2 N–H and O–H groups in total. The van der Waals surface area contributed by atoms with Crippen molar-refractivity contribution in [3.05, 3.63) is 21.9 Å². The summed E-state index contributed by atoms with van der Waals surface area (Å²) in [5, 5.41) is 0. The zero-order valence-electron chi connectivity index (χ0n) is 8.49. The van der Waals surface area contributed by atoms with Crippen molar-refractivity contribution in [3.8, 4) is 0 Å². The average Bonchev–Trinajstić information content (AvgIpc) is 2.46. The van der Waals surface area contributed by atoms with Crippen LogP contribution in [0.3, 0.4) is 0 Å². The van der Waals surface area contributed by atoms with Crippen molar-refractivity contribution in [1.82, 2.24) is 4.90 Å². The molecule has 0 radical (unpaired) electrons. The minimum atomic E-state index is 0.201. The fourth-order valence-electron chi connectivity index (χ4n) is 2.54. The van der Waals surface area contributed by atoms with Crippen LogP contribution in [0.15, 0.2) is 12.1 Å². The normalized spacial score (nSPS) is 36.0. The first kappa shape index (κ1) is 8.89. The quantitative estimate of drug-likeness (QED) is 0.799. The fourth-order valence-corrected chi connectivity index (χ4v) is 3.48. The number of nitrogens with two attached hydrogens (primary N) is 1. The minimum Gasteiger partial charge on any atom is -0.324 e. The second kappa shape index (κ2) is 2.81. The number of thiophene rings is 1. The first-order valence-electron chi connectivity index (χ1n) is 5.22. The summed E-state index contributed by atoms with van der Waals surface area (Å²) in [5.74, 6) is 0.795. The van der Waals surface area contributed by atoms with Crippen LogP contribution in [0.4, 0.5) is 0 Å². The van der Waals surface area contributed by atoms with Gasteiger partial charge >= 0.3 is 0 Å². The summed E-state index contributed by atoms with van der Waals surface area (Å²) in [5.41, 5.74) is 6.36. The number of likely N-dealkylation sites (tertiary alicyclic amines) is 1. The zero-order valence-corrected chi connectivity index (χ0v) is 9.31. The van der Waals surface area contributed by atoms with Gasteiger partial charge in [0.15, 0.2) is 0 Å². The van der Waals surface area contributed by atoms with Crippen LogP contribution in [0, 0.1) is 12.8 Å². The molecule has 0 spiro atoms. The van der Waals surface area contributed by atoms with Crippen molar-refractivity contribution in [2.75, 3.05) is 13.1 Å². The van der Waals surface area contributed by atoms with Gasteiger partial charge < -0.3 is 5.73 Å². The van der Waals surface area contributed by atoms with Crippen LogP contribution in [0.25, 0.3) is 0 Å². The molecule has 1 aliphatic carbocycles. The molecule has 14 heavy (non-hydrogen) atoms. The van der Waals surface area contributed by atoms with Gasteiger partial charge in [0.05, 0.1) is 0 Å². The van der Waals surface area contributed by atoms with E-state index in [0.717, 1.165) is 19.0 Å². The number of nitrogens with zero attached hydrogens (tertiary/aromatic N) is 1. The Morgan fingerprint density at radius 3 is 3.07 bits per heavy atom. The summed E-state index contributed by atoms with van der Waals surface area (Å²) in [4.78, 5) is 5.39. The Kier molecular flexibility index (Phi) is 1.79. The van der Waals surface area contributed by atoms with E-state index < -0.39 is 0 Å². The van der Waals surface area contributed by atoms with Gasteiger partial charge in [-0.1, -0.05) is 0 Å². The third kappa shape index (κ3) is 1.40. The van der Waals surface area contributed by atoms with Crippen molar-refractivity contribution < 1.29 is 0 Å². The topological polar surface area (TPSA) is 29.3 Å². The Balaban J connectivity index is 1.64. The van der Waals surface area contributed by atoms with Crippen LogP contribution in [0.1, 0.15) is 16.2 Å². The van der Waals surface area contributed by atoms with Crippen molar-refractivity contribution >= 4 is 11.3 Å². The molecule has 1 saturated heterocycles. The van der Waals surface area contributed by atoms with Crippen molar-refractivity contribution in [2.24, 2.45) is 11.7 Å². The van der Waals surface area contributed by atoms with Crippen LogP contribution in [0.5, 0.6) is 0 Å². The molecule has 3 heteroatoms. The van der Waals surface area contributed by atoms with Gasteiger partial charge in [-0.25, -0.2) is 0 Å². The van der Waals surface area contributed by atoms with Crippen LogP contribution in [0.2, 0.25) is 0 Å². The molecule has 0 aromatic carbocycles. The molecule has 2 aliphatic rings. The SMILES string of the molecule is Cc1ccc(CN2C[C@H]3C[C@@]3(N)C2)s1. The number of hydrogen-bond donors (Lipinski definition) is 1. The minimum absolute atomic E-state index is 0.201. The van der Waals surface area contributed by atoms with Gasteiger partial charge in [-0.05, 0) is 31.4 Å². The standard InChI is InChI=1S/C11H16N2S/c1-8-2-3-10(14-8)6-13-5-9-4-11(9,12)7-13/h2-3,9H,4-7,12H2,1H3/t9-,11-/m1/s1. The largest absolute Gasteiger partial charge is 0.324 e. The Labute approximate surface area is 88.7 Å². The first-order chi connectivity index (χ1) is 6.66. The second-order valence-electron chi connectivity index (χ2n) is 4.82. The highest BCUT2D eigenvalue weighted by atomic mass is 32.1. The summed E-state index contributed by atoms with van der Waals surface area (Å²) >= 11 is 1.91. The molecule has 2 atom stereocenters. The highest BCUT2D eigenvalue weighted by Gasteiger charge is 2.56. The van der Waals surface area contributed by atoms with E-state index in [4.69, 9.17) is 5.73 Å². The van der Waals surface area contributed by atoms with Gasteiger partial charge in [0.1, 0.15) is 0 Å². The van der Waals surface area contributed by atoms with Gasteiger partial charge in [0.25, 0.3) is 0 Å². The smallest absolute Gasteiger partial charge is 0.0328 e. The third-order valence-corrected chi connectivity index (χ3v) is 4.44. The molecule has 76 valence electrons. The molecule has 2 nitrogen and oxygen atoms in total. The van der Waals surface area contributed by atoms with Crippen LogP contribution in [-0.2, 0) is 6.54 Å². The van der Waals surface area contributed by atoms with Crippen LogP contribution >= 0.6 is 11.3 Å². The number of aryl methyl sites for hydroxylation is 1. The first-order valence-corrected chi connectivity index (χ1v) is 6.04. The van der Waals surface area contributed by atoms with E-state index in [0.29, 0.717) is 0 Å². The molecule has 1 aromatic heterocycles. The predicted octanol–water partition coefficient (Wildman–Crippen LogP) is 1.59. The molecule has 0 bridgehead atoms. The molecule has 1 saturated carbocycles. The monoisotopic (exact) mass is 208 g/mol. The van der Waals surface area contributed by atoms with Gasteiger partial charge in [-0.15, -0.1) is 11.3 Å². The Bertz CT molecular complexity index is 360. The van der Waals surface area contributed by atoms with E-state index in [9.17, 15) is 0 Å². The van der Waals surface area contributed by atoms with Gasteiger partial charge in [0, 0.05) is 34.9 Å². The maximum Gasteiger partial charge on any atom is 0.0328 e. The van der Waals surface area contributed by atoms with E-state index in [1.165, 1.54) is 22.7 Å². The lowest BCUT2D eigenvalue weighted by Gasteiger charge is -2.17. The van der Waals surface area contributed by atoms with E-state index >= 15 is 0 Å². The number of piperidine rings is 1. The lowest BCUT2D eigenvalue weighted by atomic mass is 10.3. The molecular formula is C11H16N2S. The predicted molar refractivity (Wildman–Crippen MR) is 59.4 cm³/mol. The Morgan fingerprint density at radius 2 is 2.50 bits per heavy atom. The average molecular weight is 208 g/mol.